The van der Waals surface area contributed by atoms with Gasteiger partial charge in [-0.15, -0.1) is 0 Å². The Balaban J connectivity index is 1.65. The molecule has 1 aliphatic carbocycles. The number of benzene rings is 1. The Bertz CT molecular complexity index is 399. The molecule has 3 rings (SSSR count). The molecule has 2 aliphatic rings. The lowest BCUT2D eigenvalue weighted by Gasteiger charge is -2.43. The summed E-state index contributed by atoms with van der Waals surface area (Å²) in [7, 11) is 0. The van der Waals surface area contributed by atoms with Gasteiger partial charge in [0, 0.05) is 31.7 Å². The Labute approximate surface area is 123 Å². The van der Waals surface area contributed by atoms with E-state index in [1.54, 1.807) is 0 Å². The van der Waals surface area contributed by atoms with Crippen LogP contribution in [0.2, 0.25) is 0 Å². The van der Waals surface area contributed by atoms with Crippen LogP contribution in [0.1, 0.15) is 50.6 Å². The van der Waals surface area contributed by atoms with Crippen LogP contribution >= 0.6 is 0 Å². The molecule has 1 heterocycles. The van der Waals surface area contributed by atoms with Crippen LogP contribution in [0.25, 0.3) is 0 Å². The molecule has 2 fully saturated rings. The van der Waals surface area contributed by atoms with Gasteiger partial charge in [0.05, 0.1) is 0 Å². The van der Waals surface area contributed by atoms with Gasteiger partial charge in [0.25, 0.3) is 0 Å². The molecule has 2 unspecified atom stereocenters. The van der Waals surface area contributed by atoms with Crippen LogP contribution < -0.4 is 5.32 Å². The van der Waals surface area contributed by atoms with E-state index in [-0.39, 0.29) is 0 Å². The lowest BCUT2D eigenvalue weighted by Crippen LogP contribution is -2.54. The Morgan fingerprint density at radius 1 is 1.20 bits per heavy atom. The maximum atomic E-state index is 3.77. The maximum absolute atomic E-state index is 3.77. The fraction of sp³-hybridized carbons (Fsp3) is 0.667. The summed E-state index contributed by atoms with van der Waals surface area (Å²) in [5.74, 6) is 0.976. The second-order valence-corrected chi connectivity index (χ2v) is 6.56. The molecule has 0 aromatic heterocycles. The molecule has 20 heavy (non-hydrogen) atoms. The third kappa shape index (κ3) is 3.24. The van der Waals surface area contributed by atoms with Crippen molar-refractivity contribution in [1.82, 2.24) is 10.2 Å². The van der Waals surface area contributed by atoms with Gasteiger partial charge in [0.15, 0.2) is 0 Å². The number of hydrogen-bond donors (Lipinski definition) is 1. The van der Waals surface area contributed by atoms with Gasteiger partial charge in [-0.1, -0.05) is 50.1 Å². The largest absolute Gasteiger partial charge is 0.307 e. The topological polar surface area (TPSA) is 15.3 Å². The van der Waals surface area contributed by atoms with Gasteiger partial charge in [0.1, 0.15) is 0 Å². The lowest BCUT2D eigenvalue weighted by molar-refractivity contribution is 0.0835. The standard InChI is InChI=1S/C18H28N2/c1-2-7-17-12-19-18(16-10-4-3-5-11-16)14-20(17)13-15-8-6-9-15/h3-5,10-11,15,17-19H,2,6-9,12-14H2,1H3. The number of hydrogen-bond acceptors (Lipinski definition) is 2. The molecule has 110 valence electrons. The Hall–Kier alpha value is -0.860. The van der Waals surface area contributed by atoms with E-state index in [2.05, 4.69) is 47.5 Å². The molecule has 1 saturated heterocycles. The minimum atomic E-state index is 0.518. The molecule has 0 amide bonds. The molecule has 0 bridgehead atoms. The van der Waals surface area contributed by atoms with Crippen molar-refractivity contribution in [3.8, 4) is 0 Å². The zero-order valence-electron chi connectivity index (χ0n) is 12.7. The summed E-state index contributed by atoms with van der Waals surface area (Å²) in [5.41, 5.74) is 1.45. The number of nitrogens with zero attached hydrogens (tertiary/aromatic N) is 1. The first kappa shape index (κ1) is 14.1. The Kier molecular flexibility index (Phi) is 4.74. The van der Waals surface area contributed by atoms with Crippen LogP contribution in [-0.2, 0) is 0 Å². The highest BCUT2D eigenvalue weighted by Crippen LogP contribution is 2.30. The summed E-state index contributed by atoms with van der Waals surface area (Å²) in [4.78, 5) is 2.78. The summed E-state index contributed by atoms with van der Waals surface area (Å²) in [6, 6.07) is 12.2. The highest BCUT2D eigenvalue weighted by Gasteiger charge is 2.31. The fourth-order valence-corrected chi connectivity index (χ4v) is 3.61. The maximum Gasteiger partial charge on any atom is 0.0449 e. The first-order valence-corrected chi connectivity index (χ1v) is 8.39. The van der Waals surface area contributed by atoms with E-state index in [9.17, 15) is 0 Å². The summed E-state index contributed by atoms with van der Waals surface area (Å²) < 4.78 is 0. The monoisotopic (exact) mass is 272 g/mol. The van der Waals surface area contributed by atoms with Gasteiger partial charge in [0.2, 0.25) is 0 Å². The molecule has 1 aromatic rings. The SMILES string of the molecule is CCCC1CNC(c2ccccc2)CN1CC1CCC1. The first-order chi connectivity index (χ1) is 9.86. The van der Waals surface area contributed by atoms with Crippen LogP contribution in [0.4, 0.5) is 0 Å². The Morgan fingerprint density at radius 2 is 2.00 bits per heavy atom. The molecule has 1 N–H and O–H groups in total. The van der Waals surface area contributed by atoms with Crippen LogP contribution in [-0.4, -0.2) is 30.6 Å². The van der Waals surface area contributed by atoms with Crippen LogP contribution in [0.5, 0.6) is 0 Å². The minimum absolute atomic E-state index is 0.518. The molecular weight excluding hydrogens is 244 g/mol. The quantitative estimate of drug-likeness (QED) is 0.881. The lowest BCUT2D eigenvalue weighted by atomic mass is 9.84. The van der Waals surface area contributed by atoms with Gasteiger partial charge in [-0.2, -0.15) is 0 Å². The van der Waals surface area contributed by atoms with Gasteiger partial charge in [-0.05, 0) is 30.7 Å². The minimum Gasteiger partial charge on any atom is -0.307 e. The first-order valence-electron chi connectivity index (χ1n) is 8.39. The predicted molar refractivity (Wildman–Crippen MR) is 84.8 cm³/mol. The van der Waals surface area contributed by atoms with Crippen molar-refractivity contribution >= 4 is 0 Å². The van der Waals surface area contributed by atoms with Crippen molar-refractivity contribution in [2.24, 2.45) is 5.92 Å². The van der Waals surface area contributed by atoms with E-state index in [4.69, 9.17) is 0 Å². The second-order valence-electron chi connectivity index (χ2n) is 6.56. The summed E-state index contributed by atoms with van der Waals surface area (Å²) in [6.07, 6.45) is 7.00. The van der Waals surface area contributed by atoms with Crippen molar-refractivity contribution in [2.45, 2.75) is 51.1 Å². The van der Waals surface area contributed by atoms with E-state index in [1.165, 1.54) is 50.8 Å². The van der Waals surface area contributed by atoms with Crippen molar-refractivity contribution in [1.29, 1.82) is 0 Å². The van der Waals surface area contributed by atoms with Gasteiger partial charge in [-0.3, -0.25) is 4.90 Å². The molecule has 2 heteroatoms. The zero-order valence-corrected chi connectivity index (χ0v) is 12.7. The molecule has 2 atom stereocenters. The highest BCUT2D eigenvalue weighted by atomic mass is 15.2. The Morgan fingerprint density at radius 3 is 2.65 bits per heavy atom. The van der Waals surface area contributed by atoms with E-state index in [1.807, 2.05) is 0 Å². The molecule has 1 aromatic carbocycles. The smallest absolute Gasteiger partial charge is 0.0449 e. The van der Waals surface area contributed by atoms with Gasteiger partial charge in [-0.25, -0.2) is 0 Å². The van der Waals surface area contributed by atoms with E-state index >= 15 is 0 Å². The van der Waals surface area contributed by atoms with Crippen LogP contribution in [0, 0.1) is 5.92 Å². The molecule has 0 spiro atoms. The van der Waals surface area contributed by atoms with Crippen molar-refractivity contribution < 1.29 is 0 Å². The number of nitrogens with one attached hydrogen (secondary N) is 1. The van der Waals surface area contributed by atoms with Gasteiger partial charge < -0.3 is 5.32 Å². The second kappa shape index (κ2) is 6.73. The van der Waals surface area contributed by atoms with Crippen molar-refractivity contribution in [2.75, 3.05) is 19.6 Å². The summed E-state index contributed by atoms with van der Waals surface area (Å²) in [6.45, 7) is 5.98. The molecular formula is C18H28N2. The van der Waals surface area contributed by atoms with Crippen LogP contribution in [0.3, 0.4) is 0 Å². The third-order valence-electron chi connectivity index (χ3n) is 5.07. The predicted octanol–water partition coefficient (Wildman–Crippen LogP) is 3.60. The van der Waals surface area contributed by atoms with Gasteiger partial charge >= 0.3 is 0 Å². The number of rotatable bonds is 5. The van der Waals surface area contributed by atoms with E-state index in [0.29, 0.717) is 6.04 Å². The average molecular weight is 272 g/mol. The van der Waals surface area contributed by atoms with E-state index < -0.39 is 0 Å². The third-order valence-corrected chi connectivity index (χ3v) is 5.07. The average Bonchev–Trinajstić information content (AvgIpc) is 2.45. The molecule has 0 radical (unpaired) electrons. The van der Waals surface area contributed by atoms with E-state index in [0.717, 1.165) is 18.5 Å². The summed E-state index contributed by atoms with van der Waals surface area (Å²) in [5, 5.41) is 3.77. The molecule has 1 saturated carbocycles. The highest BCUT2D eigenvalue weighted by molar-refractivity contribution is 5.20. The molecule has 2 nitrogen and oxygen atoms in total. The zero-order chi connectivity index (χ0) is 13.8. The van der Waals surface area contributed by atoms with Crippen molar-refractivity contribution in [3.63, 3.8) is 0 Å². The summed E-state index contributed by atoms with van der Waals surface area (Å²) >= 11 is 0. The normalized spacial score (nSPS) is 28.2. The van der Waals surface area contributed by atoms with Crippen molar-refractivity contribution in [3.05, 3.63) is 35.9 Å². The number of piperazine rings is 1. The van der Waals surface area contributed by atoms with Crippen LogP contribution in [0.15, 0.2) is 30.3 Å². The fourth-order valence-electron chi connectivity index (χ4n) is 3.61. The molecule has 1 aliphatic heterocycles.